The molecule has 0 heterocycles. The Kier molecular flexibility index (Phi) is 5.99. The Hall–Kier alpha value is -1.82. The van der Waals surface area contributed by atoms with Crippen LogP contribution in [-0.4, -0.2) is 28.9 Å². The Labute approximate surface area is 137 Å². The largest absolute Gasteiger partial charge is 0.508 e. The van der Waals surface area contributed by atoms with Crippen LogP contribution < -0.4 is 10.6 Å². The summed E-state index contributed by atoms with van der Waals surface area (Å²) in [5.74, 6) is -0.576. The summed E-state index contributed by atoms with van der Waals surface area (Å²) in [5.41, 5.74) is -0.670. The molecule has 0 aliphatic carbocycles. The fraction of sp³-hybridized carbons (Fsp3) is 0.588. The number of ether oxygens (including phenoxy) is 1. The van der Waals surface area contributed by atoms with E-state index in [1.807, 2.05) is 20.8 Å². The van der Waals surface area contributed by atoms with Gasteiger partial charge in [0.05, 0.1) is 5.54 Å². The fourth-order valence-electron chi connectivity index (χ4n) is 2.01. The maximum Gasteiger partial charge on any atom is 0.408 e. The molecule has 1 aromatic carbocycles. The number of carbonyl (C=O) groups is 1. The van der Waals surface area contributed by atoms with Crippen molar-refractivity contribution in [1.82, 2.24) is 10.6 Å². The average Bonchev–Trinajstić information content (AvgIpc) is 2.32. The zero-order valence-electron chi connectivity index (χ0n) is 14.7. The van der Waals surface area contributed by atoms with E-state index in [-0.39, 0.29) is 11.8 Å². The third-order valence-electron chi connectivity index (χ3n) is 3.14. The van der Waals surface area contributed by atoms with Gasteiger partial charge in [0.25, 0.3) is 0 Å². The first-order valence-corrected chi connectivity index (χ1v) is 7.62. The predicted octanol–water partition coefficient (Wildman–Crippen LogP) is 3.49. The van der Waals surface area contributed by atoms with Crippen LogP contribution in [0.1, 0.15) is 53.1 Å². The number of rotatable bonds is 5. The standard InChI is InChI=1S/C17H27FN2O3/c1-11(13-8-7-12(21)9-14(13)18)19-10-17(5,6)20-15(22)23-16(2,3)4/h7-9,11,19,21H,10H2,1-6H3,(H,20,22). The Morgan fingerprint density at radius 3 is 2.43 bits per heavy atom. The van der Waals surface area contributed by atoms with Gasteiger partial charge in [-0.15, -0.1) is 0 Å². The van der Waals surface area contributed by atoms with Gasteiger partial charge >= 0.3 is 6.09 Å². The number of phenols is 1. The lowest BCUT2D eigenvalue weighted by molar-refractivity contribution is 0.0471. The molecule has 0 radical (unpaired) electrons. The average molecular weight is 326 g/mol. The molecule has 0 bridgehead atoms. The number of benzene rings is 1. The summed E-state index contributed by atoms with van der Waals surface area (Å²) in [4.78, 5) is 11.8. The lowest BCUT2D eigenvalue weighted by Crippen LogP contribution is -2.52. The second kappa shape index (κ2) is 7.17. The highest BCUT2D eigenvalue weighted by molar-refractivity contribution is 5.68. The van der Waals surface area contributed by atoms with Crippen molar-refractivity contribution in [2.24, 2.45) is 0 Å². The summed E-state index contributed by atoms with van der Waals surface area (Å²) in [6.07, 6.45) is -0.493. The molecule has 0 fully saturated rings. The van der Waals surface area contributed by atoms with Crippen LogP contribution in [0.4, 0.5) is 9.18 Å². The Morgan fingerprint density at radius 1 is 1.30 bits per heavy atom. The molecule has 1 aromatic rings. The Balaban J connectivity index is 2.59. The fourth-order valence-corrected chi connectivity index (χ4v) is 2.01. The van der Waals surface area contributed by atoms with Gasteiger partial charge in [0, 0.05) is 24.2 Å². The van der Waals surface area contributed by atoms with Gasteiger partial charge in [-0.25, -0.2) is 9.18 Å². The topological polar surface area (TPSA) is 70.6 Å². The van der Waals surface area contributed by atoms with Crippen molar-refractivity contribution < 1.29 is 19.0 Å². The SMILES string of the molecule is CC(NCC(C)(C)NC(=O)OC(C)(C)C)c1ccc(O)cc1F. The molecule has 0 spiro atoms. The second-order valence-electron chi connectivity index (χ2n) is 7.32. The van der Waals surface area contributed by atoms with Crippen molar-refractivity contribution in [3.8, 4) is 5.75 Å². The lowest BCUT2D eigenvalue weighted by atomic mass is 10.0. The number of alkyl carbamates (subject to hydrolysis) is 1. The predicted molar refractivity (Wildman–Crippen MR) is 87.9 cm³/mol. The number of carbonyl (C=O) groups excluding carboxylic acids is 1. The van der Waals surface area contributed by atoms with E-state index in [4.69, 9.17) is 4.74 Å². The number of aromatic hydroxyl groups is 1. The van der Waals surface area contributed by atoms with Crippen LogP contribution in [0.5, 0.6) is 5.75 Å². The molecule has 6 heteroatoms. The van der Waals surface area contributed by atoms with E-state index in [9.17, 15) is 14.3 Å². The molecular weight excluding hydrogens is 299 g/mol. The van der Waals surface area contributed by atoms with Crippen LogP contribution in [-0.2, 0) is 4.74 Å². The second-order valence-corrected chi connectivity index (χ2v) is 7.32. The molecule has 0 aliphatic heterocycles. The quantitative estimate of drug-likeness (QED) is 0.775. The molecule has 23 heavy (non-hydrogen) atoms. The molecule has 5 nitrogen and oxygen atoms in total. The molecule has 0 aliphatic rings. The monoisotopic (exact) mass is 326 g/mol. The number of nitrogens with one attached hydrogen (secondary N) is 2. The number of halogens is 1. The lowest BCUT2D eigenvalue weighted by Gasteiger charge is -2.30. The van der Waals surface area contributed by atoms with E-state index in [2.05, 4.69) is 10.6 Å². The normalized spacial score (nSPS) is 13.5. The van der Waals surface area contributed by atoms with Crippen molar-refractivity contribution in [3.05, 3.63) is 29.6 Å². The van der Waals surface area contributed by atoms with E-state index in [1.54, 1.807) is 20.8 Å². The summed E-state index contributed by atoms with van der Waals surface area (Å²) in [7, 11) is 0. The minimum atomic E-state index is -0.565. The maximum absolute atomic E-state index is 13.8. The van der Waals surface area contributed by atoms with Crippen molar-refractivity contribution in [2.45, 2.75) is 58.7 Å². The van der Waals surface area contributed by atoms with Crippen LogP contribution in [0.15, 0.2) is 18.2 Å². The molecule has 0 saturated heterocycles. The van der Waals surface area contributed by atoms with Gasteiger partial charge in [0.2, 0.25) is 0 Å². The highest BCUT2D eigenvalue weighted by atomic mass is 19.1. The molecule has 1 rings (SSSR count). The van der Waals surface area contributed by atoms with Crippen LogP contribution in [0.25, 0.3) is 0 Å². The highest BCUT2D eigenvalue weighted by Gasteiger charge is 2.25. The third-order valence-corrected chi connectivity index (χ3v) is 3.14. The summed E-state index contributed by atoms with van der Waals surface area (Å²) >= 11 is 0. The molecule has 130 valence electrons. The molecule has 1 atom stereocenters. The van der Waals surface area contributed by atoms with E-state index in [0.717, 1.165) is 6.07 Å². The van der Waals surface area contributed by atoms with Crippen LogP contribution in [0, 0.1) is 5.82 Å². The number of amides is 1. The van der Waals surface area contributed by atoms with Gasteiger partial charge < -0.3 is 20.5 Å². The number of hydrogen-bond donors (Lipinski definition) is 3. The highest BCUT2D eigenvalue weighted by Crippen LogP contribution is 2.21. The smallest absolute Gasteiger partial charge is 0.408 e. The van der Waals surface area contributed by atoms with Crippen LogP contribution in [0.3, 0.4) is 0 Å². The first-order valence-electron chi connectivity index (χ1n) is 7.62. The van der Waals surface area contributed by atoms with Crippen molar-refractivity contribution in [3.63, 3.8) is 0 Å². The summed E-state index contributed by atoms with van der Waals surface area (Å²) in [5, 5.41) is 15.2. The molecule has 0 aromatic heterocycles. The van der Waals surface area contributed by atoms with Gasteiger partial charge in [-0.2, -0.15) is 0 Å². The first kappa shape index (κ1) is 19.2. The zero-order chi connectivity index (χ0) is 17.8. The van der Waals surface area contributed by atoms with Gasteiger partial charge in [0.15, 0.2) is 0 Å². The van der Waals surface area contributed by atoms with Crippen molar-refractivity contribution >= 4 is 6.09 Å². The Bertz CT molecular complexity index is 553. The van der Waals surface area contributed by atoms with Crippen molar-refractivity contribution in [1.29, 1.82) is 0 Å². The third kappa shape index (κ3) is 6.86. The summed E-state index contributed by atoms with van der Waals surface area (Å²) in [6.45, 7) is 11.3. The Morgan fingerprint density at radius 2 is 1.91 bits per heavy atom. The zero-order valence-corrected chi connectivity index (χ0v) is 14.7. The molecule has 1 amide bonds. The van der Waals surface area contributed by atoms with E-state index in [0.29, 0.717) is 12.1 Å². The molecular formula is C17H27FN2O3. The van der Waals surface area contributed by atoms with Gasteiger partial charge in [-0.1, -0.05) is 6.07 Å². The number of phenolic OH excluding ortho intramolecular Hbond substituents is 1. The molecule has 0 saturated carbocycles. The minimum absolute atomic E-state index is 0.106. The van der Waals surface area contributed by atoms with Crippen LogP contribution in [0.2, 0.25) is 0 Å². The summed E-state index contributed by atoms with van der Waals surface area (Å²) in [6, 6.07) is 3.80. The van der Waals surface area contributed by atoms with E-state index < -0.39 is 23.1 Å². The van der Waals surface area contributed by atoms with Gasteiger partial charge in [-0.05, 0) is 47.6 Å². The van der Waals surface area contributed by atoms with Crippen LogP contribution >= 0.6 is 0 Å². The molecule has 3 N–H and O–H groups in total. The maximum atomic E-state index is 13.8. The van der Waals surface area contributed by atoms with E-state index in [1.165, 1.54) is 12.1 Å². The summed E-state index contributed by atoms with van der Waals surface area (Å²) < 4.78 is 19.1. The van der Waals surface area contributed by atoms with Crippen molar-refractivity contribution in [2.75, 3.05) is 6.54 Å². The molecule has 1 unspecified atom stereocenters. The van der Waals surface area contributed by atoms with E-state index >= 15 is 0 Å². The minimum Gasteiger partial charge on any atom is -0.508 e. The number of hydrogen-bond acceptors (Lipinski definition) is 4. The van der Waals surface area contributed by atoms with Gasteiger partial charge in [0.1, 0.15) is 17.2 Å². The van der Waals surface area contributed by atoms with Gasteiger partial charge in [-0.3, -0.25) is 0 Å². The first-order chi connectivity index (χ1) is 10.4.